The summed E-state index contributed by atoms with van der Waals surface area (Å²) in [5.74, 6) is 0.347. The van der Waals surface area contributed by atoms with Crippen molar-refractivity contribution in [3.8, 4) is 5.88 Å². The molecule has 30 heavy (non-hydrogen) atoms. The molecule has 10 heteroatoms. The summed E-state index contributed by atoms with van der Waals surface area (Å²) in [6.45, 7) is 1.98. The van der Waals surface area contributed by atoms with Crippen LogP contribution in [0.25, 0.3) is 11.7 Å². The maximum absolute atomic E-state index is 11.4. The zero-order valence-corrected chi connectivity index (χ0v) is 16.7. The Bertz CT molecular complexity index is 1450. The molecule has 1 fully saturated rings. The van der Waals surface area contributed by atoms with E-state index >= 15 is 0 Å². The second kappa shape index (κ2) is 7.03. The van der Waals surface area contributed by atoms with Crippen molar-refractivity contribution in [1.29, 1.82) is 0 Å². The Labute approximate surface area is 174 Å². The van der Waals surface area contributed by atoms with Crippen LogP contribution in [-0.2, 0) is 0 Å². The van der Waals surface area contributed by atoms with E-state index in [1.165, 1.54) is 0 Å². The molecule has 152 valence electrons. The lowest BCUT2D eigenvalue weighted by Crippen LogP contribution is -2.20. The molecule has 0 bridgehead atoms. The first kappa shape index (κ1) is 18.4. The molecule has 1 aromatic carbocycles. The molecule has 1 aliphatic rings. The van der Waals surface area contributed by atoms with E-state index in [9.17, 15) is 9.90 Å². The van der Waals surface area contributed by atoms with Gasteiger partial charge in [0, 0.05) is 22.0 Å². The maximum Gasteiger partial charge on any atom is 0.326 e. The van der Waals surface area contributed by atoms with E-state index in [-0.39, 0.29) is 17.6 Å². The first-order chi connectivity index (χ1) is 14.5. The molecule has 5 rings (SSSR count). The summed E-state index contributed by atoms with van der Waals surface area (Å²) in [7, 11) is 0. The number of hydrogen-bond donors (Lipinski definition) is 4. The van der Waals surface area contributed by atoms with Gasteiger partial charge in [0.25, 0.3) is 0 Å². The van der Waals surface area contributed by atoms with Crippen LogP contribution in [0.5, 0.6) is 5.88 Å². The second-order valence-electron chi connectivity index (χ2n) is 7.27. The molecule has 3 aromatic heterocycles. The monoisotopic (exact) mass is 423 g/mol. The van der Waals surface area contributed by atoms with Gasteiger partial charge in [-0.2, -0.15) is 9.61 Å². The van der Waals surface area contributed by atoms with Crippen LogP contribution in [0, 0.1) is 6.92 Å². The molecule has 4 N–H and O–H groups in total. The van der Waals surface area contributed by atoms with Crippen LogP contribution in [0.4, 0.5) is 11.5 Å². The number of rotatable bonds is 4. The molecule has 1 saturated carbocycles. The molecule has 0 saturated heterocycles. The molecule has 0 radical (unpaired) electrons. The minimum absolute atomic E-state index is 0.244. The van der Waals surface area contributed by atoms with Crippen molar-refractivity contribution < 1.29 is 5.11 Å². The zero-order valence-electron chi connectivity index (χ0n) is 16.0. The number of nitrogens with zero attached hydrogens (tertiary/aromatic N) is 4. The Morgan fingerprint density at radius 3 is 2.90 bits per heavy atom. The van der Waals surface area contributed by atoms with Gasteiger partial charge in [0.1, 0.15) is 11.5 Å². The van der Waals surface area contributed by atoms with Gasteiger partial charge in [-0.15, -0.1) is 0 Å². The van der Waals surface area contributed by atoms with Gasteiger partial charge in [-0.3, -0.25) is 9.98 Å². The fraction of sp³-hybridized carbons (Fsp3) is 0.200. The summed E-state index contributed by atoms with van der Waals surface area (Å²) in [4.78, 5) is 25.7. The molecule has 1 aliphatic carbocycles. The molecule has 9 nitrogen and oxygen atoms in total. The maximum atomic E-state index is 11.4. The van der Waals surface area contributed by atoms with Crippen LogP contribution < -0.4 is 21.7 Å². The van der Waals surface area contributed by atoms with Crippen LogP contribution in [0.2, 0.25) is 5.02 Å². The average molecular weight is 424 g/mol. The van der Waals surface area contributed by atoms with Crippen molar-refractivity contribution in [1.82, 2.24) is 24.6 Å². The number of aromatic amines is 2. The van der Waals surface area contributed by atoms with Crippen LogP contribution in [0.1, 0.15) is 24.1 Å². The Morgan fingerprint density at radius 2 is 2.17 bits per heavy atom. The number of imidazole rings is 1. The number of halogens is 1. The third-order valence-corrected chi connectivity index (χ3v) is 5.07. The standard InChI is InChI=1S/C20H18ClN7O2/c1-10-2-3-12(21)7-14(10)24-16-8-17(23-13-4-5-13)28-18(26-16)11(9-22-28)6-15-19(29)27-20(30)25-15/h2-3,6-9,13,24,29H,4-5H2,1H3,(H2,25,27,30)/b11-6+,23-17?. The second-order valence-corrected chi connectivity index (χ2v) is 7.70. The Kier molecular flexibility index (Phi) is 4.32. The summed E-state index contributed by atoms with van der Waals surface area (Å²) in [6.07, 6.45) is 5.34. The van der Waals surface area contributed by atoms with Gasteiger partial charge in [-0.05, 0) is 43.5 Å². The fourth-order valence-electron chi connectivity index (χ4n) is 3.13. The summed E-state index contributed by atoms with van der Waals surface area (Å²) in [5.41, 5.74) is 2.84. The van der Waals surface area contributed by atoms with Crippen LogP contribution in [0.3, 0.4) is 0 Å². The van der Waals surface area contributed by atoms with E-state index in [0.717, 1.165) is 24.1 Å². The van der Waals surface area contributed by atoms with Crippen molar-refractivity contribution in [2.45, 2.75) is 25.8 Å². The molecular weight excluding hydrogens is 406 g/mol. The van der Waals surface area contributed by atoms with Gasteiger partial charge in [0.2, 0.25) is 5.88 Å². The number of H-pyrrole nitrogens is 2. The summed E-state index contributed by atoms with van der Waals surface area (Å²) in [6, 6.07) is 7.74. The minimum Gasteiger partial charge on any atom is -0.493 e. The number of benzene rings is 1. The minimum atomic E-state index is -0.494. The average Bonchev–Trinajstić information content (AvgIpc) is 3.34. The number of anilines is 2. The van der Waals surface area contributed by atoms with Crippen LogP contribution >= 0.6 is 11.6 Å². The normalized spacial score (nSPS) is 15.3. The van der Waals surface area contributed by atoms with Crippen LogP contribution in [0.15, 0.2) is 40.2 Å². The van der Waals surface area contributed by atoms with E-state index in [1.807, 2.05) is 31.2 Å². The number of aryl methyl sites for hydroxylation is 1. The molecule has 0 atom stereocenters. The predicted molar refractivity (Wildman–Crippen MR) is 113 cm³/mol. The molecule has 0 aliphatic heterocycles. The van der Waals surface area contributed by atoms with Crippen molar-refractivity contribution in [3.05, 3.63) is 67.9 Å². The van der Waals surface area contributed by atoms with Gasteiger partial charge >= 0.3 is 5.69 Å². The van der Waals surface area contributed by atoms with E-state index in [4.69, 9.17) is 21.6 Å². The van der Waals surface area contributed by atoms with Gasteiger partial charge in [0.05, 0.1) is 12.2 Å². The van der Waals surface area contributed by atoms with Gasteiger partial charge in [0.15, 0.2) is 11.1 Å². The van der Waals surface area contributed by atoms with Crippen molar-refractivity contribution in [3.63, 3.8) is 0 Å². The first-order valence-corrected chi connectivity index (χ1v) is 9.83. The Morgan fingerprint density at radius 1 is 1.33 bits per heavy atom. The van der Waals surface area contributed by atoms with Crippen LogP contribution in [-0.4, -0.2) is 35.7 Å². The lowest BCUT2D eigenvalue weighted by Gasteiger charge is -2.09. The fourth-order valence-corrected chi connectivity index (χ4v) is 3.30. The van der Waals surface area contributed by atoms with E-state index in [1.54, 1.807) is 16.8 Å². The third kappa shape index (κ3) is 3.55. The highest BCUT2D eigenvalue weighted by atomic mass is 35.5. The Balaban J connectivity index is 1.69. The first-order valence-electron chi connectivity index (χ1n) is 9.45. The van der Waals surface area contributed by atoms with E-state index in [2.05, 4.69) is 20.4 Å². The van der Waals surface area contributed by atoms with Gasteiger partial charge in [-0.1, -0.05) is 17.7 Å². The van der Waals surface area contributed by atoms with E-state index in [0.29, 0.717) is 27.2 Å². The molecule has 0 unspecified atom stereocenters. The lowest BCUT2D eigenvalue weighted by atomic mass is 10.2. The van der Waals surface area contributed by atoms with Gasteiger partial charge in [-0.25, -0.2) is 9.78 Å². The lowest BCUT2D eigenvalue weighted by molar-refractivity contribution is 0.454. The predicted octanol–water partition coefficient (Wildman–Crippen LogP) is 1.77. The summed E-state index contributed by atoms with van der Waals surface area (Å²) >= 11 is 6.15. The number of nitrogens with one attached hydrogen (secondary N) is 3. The molecule has 0 spiro atoms. The topological polar surface area (TPSA) is 123 Å². The number of aromatic hydroxyl groups is 1. The number of hydrogen-bond acceptors (Lipinski definition) is 6. The highest BCUT2D eigenvalue weighted by molar-refractivity contribution is 6.30. The quantitative estimate of drug-likeness (QED) is 0.398. The smallest absolute Gasteiger partial charge is 0.326 e. The summed E-state index contributed by atoms with van der Waals surface area (Å²) in [5, 5.41) is 18.8. The zero-order chi connectivity index (χ0) is 20.8. The highest BCUT2D eigenvalue weighted by Gasteiger charge is 2.20. The third-order valence-electron chi connectivity index (χ3n) is 4.84. The number of aromatic nitrogens is 5. The van der Waals surface area contributed by atoms with Crippen molar-refractivity contribution >= 4 is 34.8 Å². The van der Waals surface area contributed by atoms with Gasteiger partial charge < -0.3 is 15.4 Å². The van der Waals surface area contributed by atoms with Crippen molar-refractivity contribution in [2.75, 3.05) is 5.32 Å². The SMILES string of the molecule is Cc1ccc(Cl)cc1Nc1cc(=NC2CC2)n2nc/c(=C\c3[nH]c(=O)[nH]c3O)c2n1. The molecule has 3 heterocycles. The molecule has 0 amide bonds. The molecular formula is C20H18ClN7O2. The Hall–Kier alpha value is -3.59. The molecule has 4 aromatic rings. The van der Waals surface area contributed by atoms with Crippen molar-refractivity contribution in [2.24, 2.45) is 4.99 Å². The largest absolute Gasteiger partial charge is 0.493 e. The summed E-state index contributed by atoms with van der Waals surface area (Å²) < 4.78 is 1.65. The number of fused-ring (bicyclic) bond motifs is 1. The highest BCUT2D eigenvalue weighted by Crippen LogP contribution is 2.24. The van der Waals surface area contributed by atoms with E-state index < -0.39 is 5.69 Å².